The number of thioether (sulfide) groups is 1. The zero-order chi connectivity index (χ0) is 23.0. The molecule has 0 fully saturated rings. The van der Waals surface area contributed by atoms with Crippen LogP contribution in [0.1, 0.15) is 11.3 Å². The summed E-state index contributed by atoms with van der Waals surface area (Å²) in [4.78, 5) is 29.4. The fourth-order valence-electron chi connectivity index (χ4n) is 3.03. The van der Waals surface area contributed by atoms with Gasteiger partial charge < -0.3 is 9.84 Å². The minimum atomic E-state index is -4.91. The van der Waals surface area contributed by atoms with E-state index in [1.54, 1.807) is 24.3 Å². The van der Waals surface area contributed by atoms with Crippen molar-refractivity contribution in [3.8, 4) is 11.5 Å². The van der Waals surface area contributed by atoms with Gasteiger partial charge in [-0.1, -0.05) is 6.07 Å². The van der Waals surface area contributed by atoms with Gasteiger partial charge in [-0.25, -0.2) is 9.78 Å². The number of nitro benzene ring substituents is 1. The number of alkyl halides is 3. The fraction of sp³-hybridized carbons (Fsp3) is 0.150. The molecule has 0 amide bonds. The first-order valence-corrected chi connectivity index (χ1v) is 9.98. The summed E-state index contributed by atoms with van der Waals surface area (Å²) in [5.41, 5.74) is -1.39. The predicted molar refractivity (Wildman–Crippen MR) is 110 cm³/mol. The Morgan fingerprint density at radius 2 is 1.88 bits per heavy atom. The van der Waals surface area contributed by atoms with Crippen LogP contribution >= 0.6 is 11.8 Å². The average molecular weight is 463 g/mol. The number of benzene rings is 2. The molecule has 0 spiro atoms. The number of aromatic nitrogens is 1. The maximum absolute atomic E-state index is 13.2. The lowest BCUT2D eigenvalue weighted by Gasteiger charge is -2.11. The summed E-state index contributed by atoms with van der Waals surface area (Å²) in [6, 6.07) is 9.63. The highest BCUT2D eigenvalue weighted by Crippen LogP contribution is 2.39. The van der Waals surface area contributed by atoms with Crippen molar-refractivity contribution in [1.29, 1.82) is 0 Å². The summed E-state index contributed by atoms with van der Waals surface area (Å²) in [6.45, 7) is 0. The maximum Gasteiger partial charge on any atom is 0.423 e. The number of aliphatic carboxylic acids is 1. The molecule has 0 saturated carbocycles. The van der Waals surface area contributed by atoms with Gasteiger partial charge in [-0.15, -0.1) is 11.8 Å². The van der Waals surface area contributed by atoms with Crippen molar-refractivity contribution in [2.45, 2.75) is 12.2 Å². The van der Waals surface area contributed by atoms with E-state index in [1.165, 1.54) is 17.8 Å². The molecule has 1 unspecified atom stereocenters. The average Bonchev–Trinajstić information content (AvgIpc) is 3.23. The smallest absolute Gasteiger partial charge is 0.423 e. The second kappa shape index (κ2) is 8.11. The van der Waals surface area contributed by atoms with Crippen LogP contribution in [0, 0.1) is 10.1 Å². The number of hydrogen-bond acceptors (Lipinski definition) is 7. The SMILES string of the molecule is O=C(O)C1CSC(c2ccc3cc(Oc4ccc([N+](=O)[O-])c(C(F)(F)F)c4)ccc3n2)=N1. The number of carboxylic acid groups (broad SMARTS) is 1. The van der Waals surface area contributed by atoms with Crippen molar-refractivity contribution in [3.63, 3.8) is 0 Å². The highest BCUT2D eigenvalue weighted by molar-refractivity contribution is 8.14. The van der Waals surface area contributed by atoms with Gasteiger partial charge in [0.1, 0.15) is 22.1 Å². The van der Waals surface area contributed by atoms with Crippen LogP contribution in [0.25, 0.3) is 10.9 Å². The van der Waals surface area contributed by atoms with Crippen molar-refractivity contribution in [2.24, 2.45) is 4.99 Å². The Morgan fingerprint density at radius 3 is 2.53 bits per heavy atom. The minimum Gasteiger partial charge on any atom is -0.480 e. The molecule has 0 bridgehead atoms. The minimum absolute atomic E-state index is 0.205. The molecule has 1 atom stereocenters. The Balaban J connectivity index is 1.61. The molecule has 12 heteroatoms. The number of nitro groups is 1. The molecular formula is C20H12F3N3O5S. The van der Waals surface area contributed by atoms with E-state index in [1.807, 2.05) is 0 Å². The molecule has 0 aliphatic carbocycles. The fourth-order valence-corrected chi connectivity index (χ4v) is 4.02. The van der Waals surface area contributed by atoms with Crippen molar-refractivity contribution in [2.75, 3.05) is 5.75 Å². The number of aliphatic imine (C=N–C) groups is 1. The number of rotatable bonds is 5. The van der Waals surface area contributed by atoms with E-state index < -0.39 is 34.4 Å². The van der Waals surface area contributed by atoms with Crippen molar-refractivity contribution < 1.29 is 32.7 Å². The molecule has 0 radical (unpaired) electrons. The van der Waals surface area contributed by atoms with E-state index in [9.17, 15) is 28.1 Å². The van der Waals surface area contributed by atoms with Gasteiger partial charge in [0.05, 0.1) is 16.1 Å². The van der Waals surface area contributed by atoms with Crippen molar-refractivity contribution >= 4 is 39.4 Å². The van der Waals surface area contributed by atoms with Crippen LogP contribution in [0.3, 0.4) is 0 Å². The maximum atomic E-state index is 13.2. The van der Waals surface area contributed by atoms with E-state index in [0.717, 1.165) is 12.1 Å². The summed E-state index contributed by atoms with van der Waals surface area (Å²) in [7, 11) is 0. The summed E-state index contributed by atoms with van der Waals surface area (Å²) < 4.78 is 45.0. The van der Waals surface area contributed by atoms with Crippen LogP contribution in [0.15, 0.2) is 53.5 Å². The van der Waals surface area contributed by atoms with Crippen LogP contribution < -0.4 is 4.74 Å². The topological polar surface area (TPSA) is 115 Å². The Labute approximate surface area is 181 Å². The number of pyridine rings is 1. The first-order valence-electron chi connectivity index (χ1n) is 9.00. The molecule has 8 nitrogen and oxygen atoms in total. The Morgan fingerprint density at radius 1 is 1.16 bits per heavy atom. The lowest BCUT2D eigenvalue weighted by atomic mass is 10.1. The van der Waals surface area contributed by atoms with E-state index in [-0.39, 0.29) is 11.5 Å². The van der Waals surface area contributed by atoms with Crippen molar-refractivity contribution in [1.82, 2.24) is 4.98 Å². The first-order chi connectivity index (χ1) is 15.1. The second-order valence-electron chi connectivity index (χ2n) is 6.69. The molecule has 1 aliphatic rings. The summed E-state index contributed by atoms with van der Waals surface area (Å²) in [6.07, 6.45) is -4.91. The molecule has 2 heterocycles. The number of hydrogen-bond donors (Lipinski definition) is 1. The van der Waals surface area contributed by atoms with Crippen LogP contribution in [0.5, 0.6) is 11.5 Å². The van der Waals surface area contributed by atoms with E-state index in [2.05, 4.69) is 9.98 Å². The highest BCUT2D eigenvalue weighted by Gasteiger charge is 2.38. The van der Waals surface area contributed by atoms with E-state index in [0.29, 0.717) is 33.5 Å². The number of carboxylic acids is 1. The van der Waals surface area contributed by atoms with Gasteiger partial charge in [0, 0.05) is 17.2 Å². The van der Waals surface area contributed by atoms with Gasteiger partial charge in [-0.2, -0.15) is 13.2 Å². The number of halogens is 3. The molecule has 1 aliphatic heterocycles. The third kappa shape index (κ3) is 4.35. The number of carbonyl (C=O) groups is 1. The highest BCUT2D eigenvalue weighted by atomic mass is 32.2. The number of ether oxygens (including phenoxy) is 1. The monoisotopic (exact) mass is 463 g/mol. The molecular weight excluding hydrogens is 451 g/mol. The molecule has 4 rings (SSSR count). The Kier molecular flexibility index (Phi) is 5.46. The predicted octanol–water partition coefficient (Wildman–Crippen LogP) is 4.90. The zero-order valence-corrected chi connectivity index (χ0v) is 16.7. The van der Waals surface area contributed by atoms with E-state index >= 15 is 0 Å². The lowest BCUT2D eigenvalue weighted by molar-refractivity contribution is -0.388. The second-order valence-corrected chi connectivity index (χ2v) is 7.69. The standard InChI is InChI=1S/C20H12F3N3O5S/c21-20(22,23)13-8-12(3-6-17(13)26(29)30)31-11-2-5-14-10(7-11)1-4-15(24-14)18-25-16(9-32-18)19(27)28/h1-8,16H,9H2,(H,27,28). The Hall–Kier alpha value is -3.67. The van der Waals surface area contributed by atoms with Gasteiger partial charge in [-0.05, 0) is 36.4 Å². The molecule has 3 aromatic rings. The van der Waals surface area contributed by atoms with Gasteiger partial charge in [0.25, 0.3) is 5.69 Å². The molecule has 164 valence electrons. The van der Waals surface area contributed by atoms with Crippen molar-refractivity contribution in [3.05, 3.63) is 69.9 Å². The van der Waals surface area contributed by atoms with Crippen LogP contribution in [0.2, 0.25) is 0 Å². The third-order valence-corrected chi connectivity index (χ3v) is 5.59. The normalized spacial score (nSPS) is 16.1. The molecule has 1 aromatic heterocycles. The quantitative estimate of drug-likeness (QED) is 0.423. The van der Waals surface area contributed by atoms with Crippen LogP contribution in [0.4, 0.5) is 18.9 Å². The number of fused-ring (bicyclic) bond motifs is 1. The summed E-state index contributed by atoms with van der Waals surface area (Å²) in [5, 5.41) is 21.1. The summed E-state index contributed by atoms with van der Waals surface area (Å²) in [5.74, 6) is -0.669. The van der Waals surface area contributed by atoms with Gasteiger partial charge in [0.15, 0.2) is 6.04 Å². The largest absolute Gasteiger partial charge is 0.480 e. The van der Waals surface area contributed by atoms with Gasteiger partial charge in [-0.3, -0.25) is 15.1 Å². The summed E-state index contributed by atoms with van der Waals surface area (Å²) >= 11 is 1.29. The first kappa shape index (κ1) is 21.6. The van der Waals surface area contributed by atoms with Gasteiger partial charge >= 0.3 is 12.1 Å². The number of nitrogens with zero attached hydrogens (tertiary/aromatic N) is 3. The van der Waals surface area contributed by atoms with Crippen LogP contribution in [-0.4, -0.2) is 37.8 Å². The van der Waals surface area contributed by atoms with Gasteiger partial charge in [0.2, 0.25) is 0 Å². The Bertz CT molecular complexity index is 1280. The molecule has 1 N–H and O–H groups in total. The lowest BCUT2D eigenvalue weighted by Crippen LogP contribution is -2.17. The molecule has 32 heavy (non-hydrogen) atoms. The van der Waals surface area contributed by atoms with Crippen LogP contribution in [-0.2, 0) is 11.0 Å². The van der Waals surface area contributed by atoms with E-state index in [4.69, 9.17) is 9.84 Å². The third-order valence-electron chi connectivity index (χ3n) is 4.52. The molecule has 2 aromatic carbocycles. The molecule has 0 saturated heterocycles. The zero-order valence-electron chi connectivity index (χ0n) is 15.9.